The third-order valence-electron chi connectivity index (χ3n) is 3.23. The van der Waals surface area contributed by atoms with Crippen LogP contribution in [0.2, 0.25) is 0 Å². The molecule has 92 valence electrons. The summed E-state index contributed by atoms with van der Waals surface area (Å²) in [6.45, 7) is 7.28. The molecule has 15 heavy (non-hydrogen) atoms. The van der Waals surface area contributed by atoms with Crippen LogP contribution in [0.3, 0.4) is 0 Å². The average molecular weight is 214 g/mol. The van der Waals surface area contributed by atoms with Gasteiger partial charge in [0.15, 0.2) is 0 Å². The number of quaternary nitrogens is 1. The van der Waals surface area contributed by atoms with Gasteiger partial charge in [0.2, 0.25) is 0 Å². The highest BCUT2D eigenvalue weighted by Gasteiger charge is 2.12. The van der Waals surface area contributed by atoms with Crippen molar-refractivity contribution in [2.75, 3.05) is 27.2 Å². The van der Waals surface area contributed by atoms with E-state index < -0.39 is 0 Å². The Kier molecular flexibility index (Phi) is 9.18. The van der Waals surface area contributed by atoms with Crippen LogP contribution in [-0.4, -0.2) is 31.7 Å². The lowest BCUT2D eigenvalue weighted by Gasteiger charge is -2.29. The molecule has 0 amide bonds. The van der Waals surface area contributed by atoms with Gasteiger partial charge in [-0.15, -0.1) is 0 Å². The molecular weight excluding hydrogens is 182 g/mol. The zero-order valence-electron chi connectivity index (χ0n) is 11.5. The fourth-order valence-corrected chi connectivity index (χ4v) is 2.02. The molecule has 0 bridgehead atoms. The van der Waals surface area contributed by atoms with Crippen LogP contribution < -0.4 is 0 Å². The summed E-state index contributed by atoms with van der Waals surface area (Å²) in [7, 11) is 4.75. The summed E-state index contributed by atoms with van der Waals surface area (Å²) in [6, 6.07) is 0. The molecule has 0 aliphatic rings. The Bertz CT molecular complexity index is 129. The van der Waals surface area contributed by atoms with Crippen molar-refractivity contribution >= 4 is 0 Å². The van der Waals surface area contributed by atoms with E-state index in [-0.39, 0.29) is 0 Å². The van der Waals surface area contributed by atoms with Crippen molar-refractivity contribution < 1.29 is 4.48 Å². The molecule has 1 heteroatoms. The number of nitrogens with zero attached hydrogens (tertiary/aromatic N) is 1. The van der Waals surface area contributed by atoms with Crippen molar-refractivity contribution in [3.8, 4) is 0 Å². The summed E-state index contributed by atoms with van der Waals surface area (Å²) < 4.78 is 1.22. The molecule has 0 aromatic rings. The number of rotatable bonds is 10. The molecule has 0 saturated carbocycles. The van der Waals surface area contributed by atoms with Crippen LogP contribution in [-0.2, 0) is 0 Å². The van der Waals surface area contributed by atoms with Gasteiger partial charge in [0.25, 0.3) is 0 Å². The van der Waals surface area contributed by atoms with E-state index in [0.717, 1.165) is 0 Å². The second-order valence-electron chi connectivity index (χ2n) is 5.50. The fraction of sp³-hybridized carbons (Fsp3) is 1.00. The van der Waals surface area contributed by atoms with Gasteiger partial charge in [-0.25, -0.2) is 0 Å². The van der Waals surface area contributed by atoms with E-state index in [0.29, 0.717) is 0 Å². The zero-order valence-corrected chi connectivity index (χ0v) is 11.5. The number of hydrogen-bond donors (Lipinski definition) is 0. The predicted molar refractivity (Wildman–Crippen MR) is 70.1 cm³/mol. The van der Waals surface area contributed by atoms with E-state index in [1.165, 1.54) is 68.9 Å². The highest BCUT2D eigenvalue weighted by atomic mass is 15.3. The first-order chi connectivity index (χ1) is 7.12. The van der Waals surface area contributed by atoms with Gasteiger partial charge in [-0.05, 0) is 19.3 Å². The molecule has 0 aromatic heterocycles. The van der Waals surface area contributed by atoms with Crippen molar-refractivity contribution in [2.24, 2.45) is 0 Å². The molecule has 0 rings (SSSR count). The molecule has 0 aliphatic carbocycles. The highest BCUT2D eigenvalue weighted by Crippen LogP contribution is 2.09. The molecule has 0 unspecified atom stereocenters. The summed E-state index contributed by atoms with van der Waals surface area (Å²) in [5.41, 5.74) is 0. The van der Waals surface area contributed by atoms with Gasteiger partial charge < -0.3 is 4.48 Å². The Morgan fingerprint density at radius 3 is 1.67 bits per heavy atom. The Morgan fingerprint density at radius 2 is 1.07 bits per heavy atom. The van der Waals surface area contributed by atoms with Crippen molar-refractivity contribution in [1.29, 1.82) is 0 Å². The maximum atomic E-state index is 2.38. The van der Waals surface area contributed by atoms with Crippen LogP contribution in [0.5, 0.6) is 0 Å². The fourth-order valence-electron chi connectivity index (χ4n) is 2.02. The predicted octanol–water partition coefficient (Wildman–Crippen LogP) is 4.22. The molecule has 0 saturated heterocycles. The average Bonchev–Trinajstić information content (AvgIpc) is 2.20. The standard InChI is InChI=1S/C14H32N/c1-5-7-9-10-11-12-14-15(3,4)13-8-6-2/h5-14H2,1-4H3/q+1. The Labute approximate surface area is 97.5 Å². The Balaban J connectivity index is 3.32. The first-order valence-corrected chi connectivity index (χ1v) is 6.94. The minimum Gasteiger partial charge on any atom is -0.328 e. The normalized spacial score (nSPS) is 12.0. The largest absolute Gasteiger partial charge is 0.328 e. The lowest BCUT2D eigenvalue weighted by atomic mass is 10.1. The SMILES string of the molecule is CCCCCCCC[N+](C)(C)CCCC. The van der Waals surface area contributed by atoms with Gasteiger partial charge in [-0.3, -0.25) is 0 Å². The van der Waals surface area contributed by atoms with Gasteiger partial charge in [0.1, 0.15) is 0 Å². The van der Waals surface area contributed by atoms with Crippen LogP contribution in [0, 0.1) is 0 Å². The molecule has 0 N–H and O–H groups in total. The maximum absolute atomic E-state index is 2.38. The van der Waals surface area contributed by atoms with E-state index in [1.54, 1.807) is 0 Å². The smallest absolute Gasteiger partial charge is 0.0782 e. The summed E-state index contributed by atoms with van der Waals surface area (Å²) in [6.07, 6.45) is 11.2. The molecule has 0 aromatic carbocycles. The molecule has 0 heterocycles. The van der Waals surface area contributed by atoms with Crippen LogP contribution in [0.15, 0.2) is 0 Å². The lowest BCUT2D eigenvalue weighted by molar-refractivity contribution is -0.890. The van der Waals surface area contributed by atoms with Gasteiger partial charge in [-0.2, -0.15) is 0 Å². The molecule has 0 atom stereocenters. The first kappa shape index (κ1) is 15.0. The summed E-state index contributed by atoms with van der Waals surface area (Å²) in [5.74, 6) is 0. The van der Waals surface area contributed by atoms with Gasteiger partial charge in [-0.1, -0.05) is 46.0 Å². The molecular formula is C14H32N+. The first-order valence-electron chi connectivity index (χ1n) is 6.94. The Morgan fingerprint density at radius 1 is 0.600 bits per heavy atom. The third kappa shape index (κ3) is 10.2. The van der Waals surface area contributed by atoms with Crippen molar-refractivity contribution in [2.45, 2.75) is 65.2 Å². The van der Waals surface area contributed by atoms with E-state index in [9.17, 15) is 0 Å². The minimum atomic E-state index is 1.22. The minimum absolute atomic E-state index is 1.22. The van der Waals surface area contributed by atoms with Gasteiger partial charge >= 0.3 is 0 Å². The van der Waals surface area contributed by atoms with Crippen molar-refractivity contribution in [3.63, 3.8) is 0 Å². The highest BCUT2D eigenvalue weighted by molar-refractivity contribution is 4.44. The lowest BCUT2D eigenvalue weighted by Crippen LogP contribution is -2.41. The summed E-state index contributed by atoms with van der Waals surface area (Å²) >= 11 is 0. The van der Waals surface area contributed by atoms with Crippen LogP contribution in [0.25, 0.3) is 0 Å². The molecule has 0 aliphatic heterocycles. The summed E-state index contributed by atoms with van der Waals surface area (Å²) in [5, 5.41) is 0. The van der Waals surface area contributed by atoms with Crippen LogP contribution >= 0.6 is 0 Å². The van der Waals surface area contributed by atoms with E-state index in [1.807, 2.05) is 0 Å². The number of unbranched alkanes of at least 4 members (excludes halogenated alkanes) is 6. The number of hydrogen-bond acceptors (Lipinski definition) is 0. The third-order valence-corrected chi connectivity index (χ3v) is 3.23. The van der Waals surface area contributed by atoms with Gasteiger partial charge in [0, 0.05) is 0 Å². The van der Waals surface area contributed by atoms with Gasteiger partial charge in [0.05, 0.1) is 27.2 Å². The van der Waals surface area contributed by atoms with E-state index >= 15 is 0 Å². The maximum Gasteiger partial charge on any atom is 0.0782 e. The molecule has 0 radical (unpaired) electrons. The molecule has 0 fully saturated rings. The van der Waals surface area contributed by atoms with Crippen molar-refractivity contribution in [1.82, 2.24) is 0 Å². The Hall–Kier alpha value is -0.0400. The van der Waals surface area contributed by atoms with E-state index in [4.69, 9.17) is 0 Å². The van der Waals surface area contributed by atoms with E-state index in [2.05, 4.69) is 27.9 Å². The van der Waals surface area contributed by atoms with Crippen LogP contribution in [0.1, 0.15) is 65.2 Å². The topological polar surface area (TPSA) is 0 Å². The zero-order chi connectivity index (χ0) is 11.6. The molecule has 0 spiro atoms. The second-order valence-corrected chi connectivity index (χ2v) is 5.50. The van der Waals surface area contributed by atoms with Crippen LogP contribution in [0.4, 0.5) is 0 Å². The second kappa shape index (κ2) is 9.21. The van der Waals surface area contributed by atoms with Crippen molar-refractivity contribution in [3.05, 3.63) is 0 Å². The summed E-state index contributed by atoms with van der Waals surface area (Å²) in [4.78, 5) is 0. The monoisotopic (exact) mass is 214 g/mol. The molecule has 1 nitrogen and oxygen atoms in total. The quantitative estimate of drug-likeness (QED) is 0.377.